The van der Waals surface area contributed by atoms with Crippen LogP contribution in [0.2, 0.25) is 0 Å². The number of rotatable bonds is 3. The number of nitrogen functional groups attached to an aromatic ring is 1. The van der Waals surface area contributed by atoms with E-state index >= 15 is 0 Å². The van der Waals surface area contributed by atoms with Gasteiger partial charge in [-0.2, -0.15) is 4.31 Å². The Kier molecular flexibility index (Phi) is 3.59. The number of nitrogens with zero attached hydrogens (tertiary/aromatic N) is 1. The highest BCUT2D eigenvalue weighted by Gasteiger charge is 2.34. The molecule has 1 aliphatic rings. The monoisotopic (exact) mass is 272 g/mol. The Labute approximate surface area is 107 Å². The predicted molar refractivity (Wildman–Crippen MR) is 68.0 cm³/mol. The van der Waals surface area contributed by atoms with Crippen molar-refractivity contribution in [3.8, 4) is 0 Å². The first kappa shape index (κ1) is 13.3. The zero-order chi connectivity index (χ0) is 13.3. The smallest absolute Gasteiger partial charge is 0.243 e. The molecule has 1 fully saturated rings. The molecule has 0 saturated carbocycles. The van der Waals surface area contributed by atoms with E-state index in [9.17, 15) is 12.8 Å². The van der Waals surface area contributed by atoms with Gasteiger partial charge in [-0.05, 0) is 37.5 Å². The van der Waals surface area contributed by atoms with Crippen LogP contribution in [0.5, 0.6) is 0 Å². The molecule has 1 aromatic rings. The average Bonchev–Trinajstić information content (AvgIpc) is 2.76. The van der Waals surface area contributed by atoms with Crippen LogP contribution < -0.4 is 5.73 Å². The van der Waals surface area contributed by atoms with Gasteiger partial charge in [0.1, 0.15) is 5.82 Å². The van der Waals surface area contributed by atoms with Crippen LogP contribution in [0.1, 0.15) is 26.2 Å². The number of nitrogens with two attached hydrogens (primary N) is 1. The SMILES string of the molecule is CCC1CCCN1S(=O)(=O)c1cc(N)cc(F)c1. The van der Waals surface area contributed by atoms with Crippen molar-refractivity contribution in [2.45, 2.75) is 37.1 Å². The van der Waals surface area contributed by atoms with Gasteiger partial charge in [0.05, 0.1) is 4.90 Å². The van der Waals surface area contributed by atoms with Crippen LogP contribution in [0, 0.1) is 5.82 Å². The van der Waals surface area contributed by atoms with E-state index in [1.54, 1.807) is 0 Å². The number of sulfonamides is 1. The molecule has 1 saturated heterocycles. The molecule has 0 aliphatic carbocycles. The maximum atomic E-state index is 13.3. The van der Waals surface area contributed by atoms with Crippen molar-refractivity contribution in [3.63, 3.8) is 0 Å². The van der Waals surface area contributed by atoms with Gasteiger partial charge in [-0.1, -0.05) is 6.92 Å². The second-order valence-corrected chi connectivity index (χ2v) is 6.43. The van der Waals surface area contributed by atoms with E-state index < -0.39 is 15.8 Å². The lowest BCUT2D eigenvalue weighted by atomic mass is 10.2. The first-order valence-electron chi connectivity index (χ1n) is 6.03. The van der Waals surface area contributed by atoms with E-state index in [0.29, 0.717) is 6.54 Å². The van der Waals surface area contributed by atoms with Crippen molar-refractivity contribution < 1.29 is 12.8 Å². The molecule has 1 aliphatic heterocycles. The van der Waals surface area contributed by atoms with Gasteiger partial charge >= 0.3 is 0 Å². The van der Waals surface area contributed by atoms with Crippen molar-refractivity contribution in [1.82, 2.24) is 4.31 Å². The summed E-state index contributed by atoms with van der Waals surface area (Å²) in [6.07, 6.45) is 2.48. The third kappa shape index (κ3) is 2.35. The van der Waals surface area contributed by atoms with Gasteiger partial charge in [0.25, 0.3) is 0 Å². The lowest BCUT2D eigenvalue weighted by molar-refractivity contribution is 0.379. The second-order valence-electron chi connectivity index (χ2n) is 4.54. The number of hydrogen-bond donors (Lipinski definition) is 1. The summed E-state index contributed by atoms with van der Waals surface area (Å²) < 4.78 is 39.5. The summed E-state index contributed by atoms with van der Waals surface area (Å²) in [7, 11) is -3.63. The van der Waals surface area contributed by atoms with Gasteiger partial charge in [-0.3, -0.25) is 0 Å². The summed E-state index contributed by atoms with van der Waals surface area (Å²) in [4.78, 5) is -0.0552. The maximum absolute atomic E-state index is 13.3. The number of hydrogen-bond acceptors (Lipinski definition) is 3. The quantitative estimate of drug-likeness (QED) is 0.856. The summed E-state index contributed by atoms with van der Waals surface area (Å²) >= 11 is 0. The van der Waals surface area contributed by atoms with Gasteiger partial charge in [-0.15, -0.1) is 0 Å². The number of anilines is 1. The van der Waals surface area contributed by atoms with Crippen LogP contribution in [-0.2, 0) is 10.0 Å². The highest BCUT2D eigenvalue weighted by molar-refractivity contribution is 7.89. The van der Waals surface area contributed by atoms with Crippen LogP contribution in [0.25, 0.3) is 0 Å². The zero-order valence-electron chi connectivity index (χ0n) is 10.3. The summed E-state index contributed by atoms with van der Waals surface area (Å²) in [6.45, 7) is 2.45. The maximum Gasteiger partial charge on any atom is 0.243 e. The van der Waals surface area contributed by atoms with Gasteiger partial charge in [0, 0.05) is 18.3 Å². The molecule has 0 radical (unpaired) electrons. The molecule has 1 heterocycles. The molecule has 6 heteroatoms. The highest BCUT2D eigenvalue weighted by Crippen LogP contribution is 2.28. The zero-order valence-corrected chi connectivity index (χ0v) is 11.1. The minimum Gasteiger partial charge on any atom is -0.399 e. The van der Waals surface area contributed by atoms with E-state index in [0.717, 1.165) is 31.4 Å². The molecule has 0 bridgehead atoms. The molecule has 1 unspecified atom stereocenters. The Morgan fingerprint density at radius 3 is 2.78 bits per heavy atom. The fourth-order valence-corrected chi connectivity index (χ4v) is 4.24. The van der Waals surface area contributed by atoms with Crippen molar-refractivity contribution in [2.75, 3.05) is 12.3 Å². The molecule has 0 spiro atoms. The first-order valence-corrected chi connectivity index (χ1v) is 7.47. The Balaban J connectivity index is 2.41. The van der Waals surface area contributed by atoms with Gasteiger partial charge < -0.3 is 5.73 Å². The van der Waals surface area contributed by atoms with Crippen molar-refractivity contribution in [1.29, 1.82) is 0 Å². The van der Waals surface area contributed by atoms with Crippen molar-refractivity contribution in [3.05, 3.63) is 24.0 Å². The lowest BCUT2D eigenvalue weighted by Crippen LogP contribution is -2.35. The Morgan fingerprint density at radius 2 is 2.17 bits per heavy atom. The number of benzene rings is 1. The topological polar surface area (TPSA) is 63.4 Å². The molecular weight excluding hydrogens is 255 g/mol. The van der Waals surface area contributed by atoms with Gasteiger partial charge in [-0.25, -0.2) is 12.8 Å². The summed E-state index contributed by atoms with van der Waals surface area (Å²) in [5, 5.41) is 0. The van der Waals surface area contributed by atoms with Crippen molar-refractivity contribution in [2.24, 2.45) is 0 Å². The molecular formula is C12H17FN2O2S. The van der Waals surface area contributed by atoms with E-state index in [4.69, 9.17) is 5.73 Å². The fraction of sp³-hybridized carbons (Fsp3) is 0.500. The highest BCUT2D eigenvalue weighted by atomic mass is 32.2. The van der Waals surface area contributed by atoms with Crippen LogP contribution in [-0.4, -0.2) is 25.3 Å². The van der Waals surface area contributed by atoms with E-state index in [2.05, 4.69) is 0 Å². The Morgan fingerprint density at radius 1 is 1.44 bits per heavy atom. The molecule has 1 atom stereocenters. The van der Waals surface area contributed by atoms with Crippen LogP contribution >= 0.6 is 0 Å². The first-order chi connectivity index (χ1) is 8.45. The number of halogens is 1. The molecule has 18 heavy (non-hydrogen) atoms. The predicted octanol–water partition coefficient (Wildman–Crippen LogP) is 1.97. The fourth-order valence-electron chi connectivity index (χ4n) is 2.40. The molecule has 1 aromatic carbocycles. The average molecular weight is 272 g/mol. The third-order valence-corrected chi connectivity index (χ3v) is 5.22. The van der Waals surface area contributed by atoms with Gasteiger partial charge in [0.15, 0.2) is 0 Å². The van der Waals surface area contributed by atoms with Crippen LogP contribution in [0.4, 0.5) is 10.1 Å². The largest absolute Gasteiger partial charge is 0.399 e. The summed E-state index contributed by atoms with van der Waals surface area (Å²) in [5.74, 6) is -0.624. The Hall–Kier alpha value is -1.14. The minimum absolute atomic E-state index is 0.0134. The molecule has 4 nitrogen and oxygen atoms in total. The van der Waals surface area contributed by atoms with Gasteiger partial charge in [0.2, 0.25) is 10.0 Å². The molecule has 2 N–H and O–H groups in total. The van der Waals surface area contributed by atoms with Crippen molar-refractivity contribution >= 4 is 15.7 Å². The van der Waals surface area contributed by atoms with E-state index in [1.165, 1.54) is 10.4 Å². The summed E-state index contributed by atoms with van der Waals surface area (Å²) in [6, 6.07) is 3.46. The van der Waals surface area contributed by atoms with Crippen LogP contribution in [0.3, 0.4) is 0 Å². The molecule has 2 rings (SSSR count). The van der Waals surface area contributed by atoms with Crippen LogP contribution in [0.15, 0.2) is 23.1 Å². The molecule has 100 valence electrons. The molecule has 0 aromatic heterocycles. The van der Waals surface area contributed by atoms with E-state index in [1.807, 2.05) is 6.92 Å². The second kappa shape index (κ2) is 4.85. The molecule has 0 amide bonds. The lowest BCUT2D eigenvalue weighted by Gasteiger charge is -2.23. The summed E-state index contributed by atoms with van der Waals surface area (Å²) in [5.41, 5.74) is 5.62. The van der Waals surface area contributed by atoms with E-state index in [-0.39, 0.29) is 16.6 Å². The Bertz CT molecular complexity index is 525. The normalized spacial score (nSPS) is 21.3. The third-order valence-electron chi connectivity index (χ3n) is 3.29. The minimum atomic E-state index is -3.63. The standard InChI is InChI=1S/C12H17FN2O2S/c1-2-11-4-3-5-15(11)18(16,17)12-7-9(13)6-10(14)8-12/h6-8,11H,2-5,14H2,1H3.